The standard InChI is InChI=1S/C16H25N3O2/c1-20-13-15(7-5-10-18)19-14-6-4-8-16(12-14)21-11-3-2-9-17/h4,6,8,12,15,19H,2-3,5,7,10-11,13,18H2,1H3. The highest BCUT2D eigenvalue weighted by atomic mass is 16.5. The molecule has 0 amide bonds. The van der Waals surface area contributed by atoms with Gasteiger partial charge in [0.05, 0.1) is 19.3 Å². The molecule has 1 atom stereocenters. The van der Waals surface area contributed by atoms with Crippen LogP contribution in [0.3, 0.4) is 0 Å². The molecule has 0 aliphatic rings. The third kappa shape index (κ3) is 7.54. The Morgan fingerprint density at radius 3 is 2.95 bits per heavy atom. The number of benzene rings is 1. The van der Waals surface area contributed by atoms with Gasteiger partial charge in [0.1, 0.15) is 5.75 Å². The van der Waals surface area contributed by atoms with Crippen molar-refractivity contribution in [1.82, 2.24) is 0 Å². The first-order valence-electron chi connectivity index (χ1n) is 7.35. The van der Waals surface area contributed by atoms with Gasteiger partial charge in [-0.2, -0.15) is 5.26 Å². The number of unbranched alkanes of at least 4 members (excludes halogenated alkanes) is 1. The number of nitrogens with one attached hydrogen (secondary N) is 1. The lowest BCUT2D eigenvalue weighted by Crippen LogP contribution is -2.25. The molecule has 21 heavy (non-hydrogen) atoms. The van der Waals surface area contributed by atoms with E-state index >= 15 is 0 Å². The number of rotatable bonds is 11. The fourth-order valence-corrected chi connectivity index (χ4v) is 2.02. The zero-order valence-electron chi connectivity index (χ0n) is 12.7. The van der Waals surface area contributed by atoms with Gasteiger partial charge in [-0.1, -0.05) is 6.07 Å². The Balaban J connectivity index is 2.51. The Kier molecular flexibility index (Phi) is 9.01. The van der Waals surface area contributed by atoms with Gasteiger partial charge in [-0.15, -0.1) is 0 Å². The molecule has 0 saturated heterocycles. The first-order valence-corrected chi connectivity index (χ1v) is 7.35. The van der Waals surface area contributed by atoms with Gasteiger partial charge in [-0.25, -0.2) is 0 Å². The summed E-state index contributed by atoms with van der Waals surface area (Å²) in [6.45, 7) is 1.89. The van der Waals surface area contributed by atoms with Crippen molar-refractivity contribution in [2.45, 2.75) is 31.7 Å². The minimum absolute atomic E-state index is 0.243. The molecule has 0 radical (unpaired) electrons. The lowest BCUT2D eigenvalue weighted by molar-refractivity contribution is 0.182. The van der Waals surface area contributed by atoms with Crippen LogP contribution in [-0.4, -0.2) is 32.9 Å². The fraction of sp³-hybridized carbons (Fsp3) is 0.562. The minimum Gasteiger partial charge on any atom is -0.493 e. The van der Waals surface area contributed by atoms with Crippen LogP contribution in [0.5, 0.6) is 5.75 Å². The highest BCUT2D eigenvalue weighted by molar-refractivity contribution is 5.48. The maximum Gasteiger partial charge on any atom is 0.121 e. The highest BCUT2D eigenvalue weighted by Crippen LogP contribution is 2.19. The summed E-state index contributed by atoms with van der Waals surface area (Å²) in [4.78, 5) is 0. The number of ether oxygens (including phenoxy) is 2. The Bertz CT molecular complexity index is 432. The van der Waals surface area contributed by atoms with Crippen LogP contribution < -0.4 is 15.8 Å². The molecular formula is C16H25N3O2. The summed E-state index contributed by atoms with van der Waals surface area (Å²) in [7, 11) is 1.70. The summed E-state index contributed by atoms with van der Waals surface area (Å²) in [6, 6.07) is 10.2. The molecule has 3 N–H and O–H groups in total. The van der Waals surface area contributed by atoms with E-state index in [-0.39, 0.29) is 6.04 Å². The second-order valence-corrected chi connectivity index (χ2v) is 4.87. The number of nitrogens with two attached hydrogens (primary N) is 1. The van der Waals surface area contributed by atoms with Gasteiger partial charge in [0, 0.05) is 31.3 Å². The van der Waals surface area contributed by atoms with Crippen molar-refractivity contribution in [1.29, 1.82) is 5.26 Å². The molecule has 116 valence electrons. The molecule has 1 rings (SSSR count). The van der Waals surface area contributed by atoms with Crippen molar-refractivity contribution in [2.75, 3.05) is 32.2 Å². The Hall–Kier alpha value is -1.77. The Morgan fingerprint density at radius 1 is 1.38 bits per heavy atom. The predicted molar refractivity (Wildman–Crippen MR) is 84.4 cm³/mol. The summed E-state index contributed by atoms with van der Waals surface area (Å²) in [6.07, 6.45) is 3.20. The van der Waals surface area contributed by atoms with Crippen molar-refractivity contribution in [3.63, 3.8) is 0 Å². The van der Waals surface area contributed by atoms with Crippen LogP contribution in [0.15, 0.2) is 24.3 Å². The minimum atomic E-state index is 0.243. The number of nitrogens with zero attached hydrogens (tertiary/aromatic N) is 1. The zero-order valence-corrected chi connectivity index (χ0v) is 12.7. The summed E-state index contributed by atoms with van der Waals surface area (Å²) >= 11 is 0. The largest absolute Gasteiger partial charge is 0.493 e. The summed E-state index contributed by atoms with van der Waals surface area (Å²) in [5.74, 6) is 0.813. The van der Waals surface area contributed by atoms with Gasteiger partial charge in [-0.05, 0) is 37.9 Å². The maximum absolute atomic E-state index is 8.49. The van der Waals surface area contributed by atoms with Gasteiger partial charge in [0.25, 0.3) is 0 Å². The third-order valence-electron chi connectivity index (χ3n) is 3.03. The molecular weight excluding hydrogens is 266 g/mol. The van der Waals surface area contributed by atoms with Gasteiger partial charge in [-0.3, -0.25) is 0 Å². The van der Waals surface area contributed by atoms with Gasteiger partial charge in [0.15, 0.2) is 0 Å². The van der Waals surface area contributed by atoms with E-state index in [9.17, 15) is 0 Å². The number of nitriles is 1. The Morgan fingerprint density at radius 2 is 2.24 bits per heavy atom. The fourth-order valence-electron chi connectivity index (χ4n) is 2.02. The molecule has 0 heterocycles. The van der Waals surface area contributed by atoms with Crippen LogP contribution >= 0.6 is 0 Å². The van der Waals surface area contributed by atoms with Crippen LogP contribution in [0, 0.1) is 11.3 Å². The predicted octanol–water partition coefficient (Wildman–Crippen LogP) is 2.53. The van der Waals surface area contributed by atoms with Crippen LogP contribution in [0.1, 0.15) is 25.7 Å². The van der Waals surface area contributed by atoms with E-state index in [0.29, 0.717) is 26.2 Å². The quantitative estimate of drug-likeness (QED) is 0.612. The number of hydrogen-bond donors (Lipinski definition) is 2. The van der Waals surface area contributed by atoms with Crippen LogP contribution in [0.25, 0.3) is 0 Å². The lowest BCUT2D eigenvalue weighted by atomic mass is 10.1. The van der Waals surface area contributed by atoms with E-state index in [1.54, 1.807) is 7.11 Å². The molecule has 0 spiro atoms. The molecule has 0 bridgehead atoms. The van der Waals surface area contributed by atoms with Gasteiger partial charge >= 0.3 is 0 Å². The van der Waals surface area contributed by atoms with E-state index in [1.165, 1.54) is 0 Å². The summed E-state index contributed by atoms with van der Waals surface area (Å²) in [5.41, 5.74) is 6.56. The molecule has 1 aromatic rings. The van der Waals surface area contributed by atoms with E-state index in [4.69, 9.17) is 20.5 Å². The number of anilines is 1. The van der Waals surface area contributed by atoms with Gasteiger partial charge in [0.2, 0.25) is 0 Å². The van der Waals surface area contributed by atoms with Crippen molar-refractivity contribution >= 4 is 5.69 Å². The van der Waals surface area contributed by atoms with Crippen molar-refractivity contribution in [2.24, 2.45) is 5.73 Å². The number of methoxy groups -OCH3 is 1. The van der Waals surface area contributed by atoms with Crippen molar-refractivity contribution < 1.29 is 9.47 Å². The van der Waals surface area contributed by atoms with Crippen LogP contribution in [0.2, 0.25) is 0 Å². The Labute approximate surface area is 127 Å². The van der Waals surface area contributed by atoms with E-state index < -0.39 is 0 Å². The monoisotopic (exact) mass is 291 g/mol. The zero-order chi connectivity index (χ0) is 15.3. The van der Waals surface area contributed by atoms with Crippen molar-refractivity contribution in [3.8, 4) is 11.8 Å². The topological polar surface area (TPSA) is 80.3 Å². The highest BCUT2D eigenvalue weighted by Gasteiger charge is 2.08. The first kappa shape index (κ1) is 17.3. The molecule has 1 unspecified atom stereocenters. The molecule has 1 aromatic carbocycles. The maximum atomic E-state index is 8.49. The molecule has 0 aliphatic heterocycles. The second kappa shape index (κ2) is 11.0. The third-order valence-corrected chi connectivity index (χ3v) is 3.03. The van der Waals surface area contributed by atoms with Crippen LogP contribution in [0.4, 0.5) is 5.69 Å². The molecule has 5 nitrogen and oxygen atoms in total. The van der Waals surface area contributed by atoms with Crippen molar-refractivity contribution in [3.05, 3.63) is 24.3 Å². The molecule has 5 heteroatoms. The van der Waals surface area contributed by atoms with E-state index in [0.717, 1.165) is 30.7 Å². The average Bonchev–Trinajstić information content (AvgIpc) is 2.50. The van der Waals surface area contributed by atoms with E-state index in [2.05, 4.69) is 11.4 Å². The van der Waals surface area contributed by atoms with Crippen LogP contribution in [-0.2, 0) is 4.74 Å². The van der Waals surface area contributed by atoms with Gasteiger partial charge < -0.3 is 20.5 Å². The summed E-state index contributed by atoms with van der Waals surface area (Å²) in [5, 5.41) is 11.9. The molecule has 0 aromatic heterocycles. The molecule has 0 saturated carbocycles. The second-order valence-electron chi connectivity index (χ2n) is 4.87. The SMILES string of the molecule is COCC(CCCN)Nc1cccc(OCCCC#N)c1. The molecule has 0 fully saturated rings. The normalized spacial score (nSPS) is 11.7. The summed E-state index contributed by atoms with van der Waals surface area (Å²) < 4.78 is 10.9. The van der Waals surface area contributed by atoms with E-state index in [1.807, 2.05) is 24.3 Å². The first-order chi connectivity index (χ1) is 10.3. The lowest BCUT2D eigenvalue weighted by Gasteiger charge is -2.19. The smallest absolute Gasteiger partial charge is 0.121 e. The number of hydrogen-bond acceptors (Lipinski definition) is 5. The average molecular weight is 291 g/mol. The molecule has 0 aliphatic carbocycles.